The Kier molecular flexibility index (Phi) is 4.94. The van der Waals surface area contributed by atoms with E-state index in [1.165, 1.54) is 0 Å². The van der Waals surface area contributed by atoms with Crippen molar-refractivity contribution in [3.8, 4) is 5.69 Å². The fourth-order valence-electron chi connectivity index (χ4n) is 1.93. The zero-order valence-electron chi connectivity index (χ0n) is 12.2. The molecule has 1 aromatic carbocycles. The molecular formula is C15H20N4O2. The second kappa shape index (κ2) is 6.90. The van der Waals surface area contributed by atoms with E-state index in [-0.39, 0.29) is 18.7 Å². The third kappa shape index (κ3) is 4.06. The van der Waals surface area contributed by atoms with Gasteiger partial charge in [-0.2, -0.15) is 0 Å². The van der Waals surface area contributed by atoms with Gasteiger partial charge in [-0.1, -0.05) is 18.2 Å². The van der Waals surface area contributed by atoms with Crippen LogP contribution in [0.4, 0.5) is 10.6 Å². The number of nitrogens with zero attached hydrogens (tertiary/aromatic N) is 2. The number of hydrogen-bond donors (Lipinski definition) is 3. The highest BCUT2D eigenvalue weighted by atomic mass is 16.3. The number of hydrogen-bond acceptors (Lipinski definition) is 3. The number of rotatable bonds is 5. The summed E-state index contributed by atoms with van der Waals surface area (Å²) in [5.74, 6) is 0.521. The molecule has 0 aliphatic heterocycles. The number of anilines is 1. The zero-order chi connectivity index (χ0) is 15.2. The summed E-state index contributed by atoms with van der Waals surface area (Å²) in [6.45, 7) is 3.77. The van der Waals surface area contributed by atoms with Crippen LogP contribution >= 0.6 is 0 Å². The van der Waals surface area contributed by atoms with E-state index in [0.717, 1.165) is 11.3 Å². The van der Waals surface area contributed by atoms with E-state index in [1.807, 2.05) is 50.4 Å². The van der Waals surface area contributed by atoms with Crippen LogP contribution in [0.3, 0.4) is 0 Å². The van der Waals surface area contributed by atoms with Crippen molar-refractivity contribution in [3.63, 3.8) is 0 Å². The second-order valence-corrected chi connectivity index (χ2v) is 4.95. The Morgan fingerprint density at radius 3 is 2.76 bits per heavy atom. The number of urea groups is 1. The molecule has 2 aromatic rings. The topological polar surface area (TPSA) is 79.2 Å². The van der Waals surface area contributed by atoms with Crippen molar-refractivity contribution in [2.75, 3.05) is 11.9 Å². The smallest absolute Gasteiger partial charge is 0.320 e. The van der Waals surface area contributed by atoms with Crippen LogP contribution in [0.1, 0.15) is 18.9 Å². The number of nitrogens with one attached hydrogen (secondary N) is 2. The number of benzene rings is 1. The minimum Gasteiger partial charge on any atom is -0.396 e. The molecule has 0 spiro atoms. The van der Waals surface area contributed by atoms with Crippen LogP contribution in [0.15, 0.2) is 36.5 Å². The standard InChI is InChI=1S/C15H20N4O2/c1-11-10-19(13-6-4-3-5-7-13)18-14(11)17-15(21)16-12(2)8-9-20/h3-7,10,12,20H,8-9H2,1-2H3,(H2,16,17,18,21)/t12-/m1/s1. The van der Waals surface area contributed by atoms with Crippen LogP contribution in [0, 0.1) is 6.92 Å². The number of para-hydroxylation sites is 1. The summed E-state index contributed by atoms with van der Waals surface area (Å²) in [6.07, 6.45) is 2.38. The molecule has 1 heterocycles. The maximum absolute atomic E-state index is 11.8. The normalized spacial score (nSPS) is 12.0. The summed E-state index contributed by atoms with van der Waals surface area (Å²) < 4.78 is 1.72. The Balaban J connectivity index is 2.05. The van der Waals surface area contributed by atoms with Gasteiger partial charge in [0.15, 0.2) is 5.82 Å². The Labute approximate surface area is 123 Å². The van der Waals surface area contributed by atoms with Gasteiger partial charge in [-0.05, 0) is 32.4 Å². The van der Waals surface area contributed by atoms with E-state index >= 15 is 0 Å². The molecule has 1 aromatic heterocycles. The van der Waals surface area contributed by atoms with Gasteiger partial charge in [0.05, 0.1) is 5.69 Å². The lowest BCUT2D eigenvalue weighted by molar-refractivity contribution is 0.241. The zero-order valence-corrected chi connectivity index (χ0v) is 12.2. The summed E-state index contributed by atoms with van der Waals surface area (Å²) in [7, 11) is 0. The van der Waals surface area contributed by atoms with E-state index in [2.05, 4.69) is 15.7 Å². The molecule has 112 valence electrons. The minimum absolute atomic E-state index is 0.0448. The van der Waals surface area contributed by atoms with Crippen LogP contribution in [0.5, 0.6) is 0 Å². The number of amides is 2. The third-order valence-electron chi connectivity index (χ3n) is 3.09. The molecule has 0 bridgehead atoms. The van der Waals surface area contributed by atoms with Crippen LogP contribution in [0.25, 0.3) is 5.69 Å². The average Bonchev–Trinajstić information content (AvgIpc) is 2.81. The molecule has 0 aliphatic carbocycles. The average molecular weight is 288 g/mol. The lowest BCUT2D eigenvalue weighted by atomic mass is 10.2. The molecule has 2 amide bonds. The van der Waals surface area contributed by atoms with Gasteiger partial charge >= 0.3 is 6.03 Å². The van der Waals surface area contributed by atoms with Gasteiger partial charge in [-0.25, -0.2) is 9.48 Å². The van der Waals surface area contributed by atoms with Crippen molar-refractivity contribution in [1.82, 2.24) is 15.1 Å². The van der Waals surface area contributed by atoms with E-state index in [9.17, 15) is 4.79 Å². The number of aromatic nitrogens is 2. The second-order valence-electron chi connectivity index (χ2n) is 4.95. The lowest BCUT2D eigenvalue weighted by Gasteiger charge is -2.12. The molecule has 6 nitrogen and oxygen atoms in total. The van der Waals surface area contributed by atoms with E-state index < -0.39 is 0 Å². The van der Waals surface area contributed by atoms with Gasteiger partial charge in [-0.3, -0.25) is 5.32 Å². The molecule has 21 heavy (non-hydrogen) atoms. The van der Waals surface area contributed by atoms with Gasteiger partial charge in [0.1, 0.15) is 0 Å². The monoisotopic (exact) mass is 288 g/mol. The minimum atomic E-state index is -0.322. The van der Waals surface area contributed by atoms with Crippen molar-refractivity contribution >= 4 is 11.8 Å². The number of aryl methyl sites for hydroxylation is 1. The van der Waals surface area contributed by atoms with Gasteiger partial charge in [-0.15, -0.1) is 5.10 Å². The maximum atomic E-state index is 11.8. The summed E-state index contributed by atoms with van der Waals surface area (Å²) in [5, 5.41) is 18.7. The van der Waals surface area contributed by atoms with Crippen molar-refractivity contribution in [2.24, 2.45) is 0 Å². The molecule has 0 radical (unpaired) electrons. The molecule has 2 rings (SSSR count). The summed E-state index contributed by atoms with van der Waals surface area (Å²) in [4.78, 5) is 11.8. The Bertz CT molecular complexity index is 595. The predicted octanol–water partition coefficient (Wildman–Crippen LogP) is 2.07. The van der Waals surface area contributed by atoms with Gasteiger partial charge in [0.25, 0.3) is 0 Å². The Morgan fingerprint density at radius 2 is 2.10 bits per heavy atom. The van der Waals surface area contributed by atoms with E-state index in [4.69, 9.17) is 5.11 Å². The van der Waals surface area contributed by atoms with Crippen LogP contribution < -0.4 is 10.6 Å². The summed E-state index contributed by atoms with van der Waals surface area (Å²) in [6, 6.07) is 9.28. The summed E-state index contributed by atoms with van der Waals surface area (Å²) >= 11 is 0. The molecule has 0 unspecified atom stereocenters. The first kappa shape index (κ1) is 15.1. The third-order valence-corrected chi connectivity index (χ3v) is 3.09. The van der Waals surface area contributed by atoms with Gasteiger partial charge < -0.3 is 10.4 Å². The lowest BCUT2D eigenvalue weighted by Crippen LogP contribution is -2.36. The van der Waals surface area contributed by atoms with E-state index in [0.29, 0.717) is 12.2 Å². The number of carbonyl (C=O) groups is 1. The number of aliphatic hydroxyl groups excluding tert-OH is 1. The Morgan fingerprint density at radius 1 is 1.38 bits per heavy atom. The molecule has 0 saturated heterocycles. The largest absolute Gasteiger partial charge is 0.396 e. The molecule has 0 saturated carbocycles. The van der Waals surface area contributed by atoms with Crippen molar-refractivity contribution in [2.45, 2.75) is 26.3 Å². The highest BCUT2D eigenvalue weighted by Gasteiger charge is 2.11. The van der Waals surface area contributed by atoms with Gasteiger partial charge in [0.2, 0.25) is 0 Å². The molecule has 1 atom stereocenters. The van der Waals surface area contributed by atoms with Crippen molar-refractivity contribution in [1.29, 1.82) is 0 Å². The highest BCUT2D eigenvalue weighted by molar-refractivity contribution is 5.89. The molecular weight excluding hydrogens is 268 g/mol. The SMILES string of the molecule is Cc1cn(-c2ccccc2)nc1NC(=O)N[C@H](C)CCO. The fraction of sp³-hybridized carbons (Fsp3) is 0.333. The predicted molar refractivity (Wildman–Crippen MR) is 81.6 cm³/mol. The maximum Gasteiger partial charge on any atom is 0.320 e. The highest BCUT2D eigenvalue weighted by Crippen LogP contribution is 2.15. The first-order valence-electron chi connectivity index (χ1n) is 6.90. The first-order valence-corrected chi connectivity index (χ1v) is 6.90. The van der Waals surface area contributed by atoms with Crippen LogP contribution in [-0.2, 0) is 0 Å². The number of carbonyl (C=O) groups excluding carboxylic acids is 1. The molecule has 6 heteroatoms. The van der Waals surface area contributed by atoms with Crippen molar-refractivity contribution in [3.05, 3.63) is 42.1 Å². The molecule has 3 N–H and O–H groups in total. The fourth-order valence-corrected chi connectivity index (χ4v) is 1.93. The first-order chi connectivity index (χ1) is 10.1. The summed E-state index contributed by atoms with van der Waals surface area (Å²) in [5.41, 5.74) is 1.81. The number of aliphatic hydroxyl groups is 1. The Hall–Kier alpha value is -2.34. The van der Waals surface area contributed by atoms with Crippen LogP contribution in [0.2, 0.25) is 0 Å². The van der Waals surface area contributed by atoms with Crippen LogP contribution in [-0.4, -0.2) is 33.6 Å². The quantitative estimate of drug-likeness (QED) is 0.788. The van der Waals surface area contributed by atoms with Crippen molar-refractivity contribution < 1.29 is 9.90 Å². The van der Waals surface area contributed by atoms with Gasteiger partial charge in [0, 0.05) is 24.4 Å². The molecule has 0 fully saturated rings. The van der Waals surface area contributed by atoms with E-state index in [1.54, 1.807) is 4.68 Å². The molecule has 0 aliphatic rings.